The van der Waals surface area contributed by atoms with E-state index in [1.807, 2.05) is 62.4 Å². The topological polar surface area (TPSA) is 84.9 Å². The number of thioether (sulfide) groups is 1. The number of halogens is 1. The van der Waals surface area contributed by atoms with E-state index in [4.69, 9.17) is 9.47 Å². The summed E-state index contributed by atoms with van der Waals surface area (Å²) in [6, 6.07) is 19.0. The highest BCUT2D eigenvalue weighted by Crippen LogP contribution is 2.37. The second kappa shape index (κ2) is 11.8. The molecule has 1 N–H and O–H groups in total. The largest absolute Gasteiger partial charge is 0.493 e. The molecule has 3 aromatic rings. The lowest BCUT2D eigenvalue weighted by Crippen LogP contribution is -2.36. The van der Waals surface area contributed by atoms with Crippen LogP contribution in [-0.2, 0) is 16.2 Å². The Bertz CT molecular complexity index is 1390. The zero-order chi connectivity index (χ0) is 26.5. The van der Waals surface area contributed by atoms with Crippen molar-refractivity contribution in [2.75, 3.05) is 19.0 Å². The van der Waals surface area contributed by atoms with Gasteiger partial charge in [0.1, 0.15) is 13.2 Å². The van der Waals surface area contributed by atoms with Crippen molar-refractivity contribution in [3.63, 3.8) is 0 Å². The van der Waals surface area contributed by atoms with Crippen LogP contribution < -0.4 is 14.8 Å². The smallest absolute Gasteiger partial charge is 0.294 e. The molecule has 0 aliphatic carbocycles. The Balaban J connectivity index is 1.47. The van der Waals surface area contributed by atoms with Gasteiger partial charge in [-0.15, -0.1) is 0 Å². The molecule has 0 atom stereocenters. The number of carbonyl (C=O) groups is 3. The van der Waals surface area contributed by atoms with Crippen molar-refractivity contribution in [2.45, 2.75) is 20.5 Å². The maximum atomic E-state index is 13.0. The van der Waals surface area contributed by atoms with Crippen molar-refractivity contribution in [2.24, 2.45) is 0 Å². The number of amides is 3. The molecule has 0 aromatic heterocycles. The molecule has 0 saturated carbocycles. The number of imide groups is 1. The Morgan fingerprint density at radius 2 is 1.84 bits per heavy atom. The van der Waals surface area contributed by atoms with E-state index in [0.29, 0.717) is 29.4 Å². The van der Waals surface area contributed by atoms with Crippen molar-refractivity contribution in [3.05, 3.63) is 91.4 Å². The normalized spacial score (nSPS) is 14.3. The number of hydrogen-bond acceptors (Lipinski definition) is 6. The number of rotatable bonds is 8. The number of hydrogen-bond donors (Lipinski definition) is 1. The minimum Gasteiger partial charge on any atom is -0.493 e. The van der Waals surface area contributed by atoms with Gasteiger partial charge in [-0.2, -0.15) is 0 Å². The number of aryl methyl sites for hydroxylation is 1. The Morgan fingerprint density at radius 3 is 2.57 bits per heavy atom. The Hall–Kier alpha value is -3.31. The summed E-state index contributed by atoms with van der Waals surface area (Å²) in [5, 5.41) is 2.30. The van der Waals surface area contributed by atoms with Crippen LogP contribution in [0.2, 0.25) is 0 Å². The van der Waals surface area contributed by atoms with Crippen LogP contribution in [-0.4, -0.2) is 35.6 Å². The minimum absolute atomic E-state index is 0.236. The average Bonchev–Trinajstić information content (AvgIpc) is 3.13. The van der Waals surface area contributed by atoms with E-state index in [1.54, 1.807) is 25.3 Å². The Morgan fingerprint density at radius 1 is 1.08 bits per heavy atom. The molecule has 4 rings (SSSR count). The van der Waals surface area contributed by atoms with E-state index in [-0.39, 0.29) is 11.4 Å². The van der Waals surface area contributed by atoms with Gasteiger partial charge in [-0.25, -0.2) is 0 Å². The first-order valence-corrected chi connectivity index (χ1v) is 13.3. The molecule has 1 fully saturated rings. The number of methoxy groups -OCH3 is 1. The van der Waals surface area contributed by atoms with Gasteiger partial charge in [0.2, 0.25) is 5.91 Å². The van der Waals surface area contributed by atoms with Gasteiger partial charge in [0.05, 0.1) is 15.6 Å². The summed E-state index contributed by atoms with van der Waals surface area (Å²) in [6.07, 6.45) is 1.62. The standard InChI is InChI=1S/C28H25IN2O5S/c1-17-8-7-11-22(18(17)2)30-25(32)15-31-27(33)24(37-28(31)34)14-20-12-21(29)26(23(13-20)35-3)36-16-19-9-5-4-6-10-19/h4-14H,15-16H2,1-3H3,(H,30,32)/b24-14+. The summed E-state index contributed by atoms with van der Waals surface area (Å²) in [7, 11) is 1.55. The van der Waals surface area contributed by atoms with Crippen LogP contribution in [0.3, 0.4) is 0 Å². The third-order valence-corrected chi connectivity index (χ3v) is 7.54. The molecule has 0 radical (unpaired) electrons. The molecular formula is C28H25IN2O5S. The van der Waals surface area contributed by atoms with Gasteiger partial charge in [0, 0.05) is 5.69 Å². The molecule has 1 saturated heterocycles. The molecule has 1 aliphatic rings. The highest BCUT2D eigenvalue weighted by molar-refractivity contribution is 14.1. The third-order valence-electron chi connectivity index (χ3n) is 5.83. The molecule has 0 spiro atoms. The summed E-state index contributed by atoms with van der Waals surface area (Å²) in [5.74, 6) is 0.166. The van der Waals surface area contributed by atoms with E-state index in [0.717, 1.165) is 36.9 Å². The quantitative estimate of drug-likeness (QED) is 0.237. The molecule has 190 valence electrons. The van der Waals surface area contributed by atoms with E-state index >= 15 is 0 Å². The van der Waals surface area contributed by atoms with Gasteiger partial charge in [-0.3, -0.25) is 19.3 Å². The lowest BCUT2D eigenvalue weighted by atomic mass is 10.1. The second-order valence-corrected chi connectivity index (χ2v) is 10.5. The number of nitrogens with zero attached hydrogens (tertiary/aromatic N) is 1. The lowest BCUT2D eigenvalue weighted by molar-refractivity contribution is -0.127. The number of anilines is 1. The molecule has 9 heteroatoms. The molecule has 0 bridgehead atoms. The van der Waals surface area contributed by atoms with E-state index < -0.39 is 17.1 Å². The van der Waals surface area contributed by atoms with Crippen LogP contribution in [0.15, 0.2) is 65.6 Å². The molecule has 0 unspecified atom stereocenters. The molecular weight excluding hydrogens is 603 g/mol. The first-order chi connectivity index (χ1) is 17.8. The fourth-order valence-corrected chi connectivity index (χ4v) is 5.32. The van der Waals surface area contributed by atoms with Crippen molar-refractivity contribution < 1.29 is 23.9 Å². The average molecular weight is 628 g/mol. The van der Waals surface area contributed by atoms with Crippen molar-refractivity contribution in [1.29, 1.82) is 0 Å². The molecule has 3 amide bonds. The van der Waals surface area contributed by atoms with Gasteiger partial charge < -0.3 is 14.8 Å². The number of ether oxygens (including phenoxy) is 2. The van der Waals surface area contributed by atoms with Crippen LogP contribution in [0.1, 0.15) is 22.3 Å². The molecule has 1 heterocycles. The number of carbonyl (C=O) groups excluding carboxylic acids is 3. The maximum Gasteiger partial charge on any atom is 0.294 e. The van der Waals surface area contributed by atoms with Crippen LogP contribution >= 0.6 is 34.4 Å². The van der Waals surface area contributed by atoms with Gasteiger partial charge in [-0.1, -0.05) is 42.5 Å². The first-order valence-electron chi connectivity index (χ1n) is 11.4. The van der Waals surface area contributed by atoms with Crippen molar-refractivity contribution in [1.82, 2.24) is 4.90 Å². The van der Waals surface area contributed by atoms with E-state index in [2.05, 4.69) is 27.9 Å². The SMILES string of the molecule is COc1cc(/C=C2/SC(=O)N(CC(=O)Nc3cccc(C)c3C)C2=O)cc(I)c1OCc1ccccc1. The van der Waals surface area contributed by atoms with E-state index in [1.165, 1.54) is 0 Å². The number of nitrogens with one attached hydrogen (secondary N) is 1. The monoisotopic (exact) mass is 628 g/mol. The summed E-state index contributed by atoms with van der Waals surface area (Å²) in [4.78, 5) is 39.3. The van der Waals surface area contributed by atoms with Crippen LogP contribution in [0.5, 0.6) is 11.5 Å². The predicted octanol–water partition coefficient (Wildman–Crippen LogP) is 6.17. The summed E-state index contributed by atoms with van der Waals surface area (Å²) < 4.78 is 12.3. The highest BCUT2D eigenvalue weighted by Gasteiger charge is 2.36. The van der Waals surface area contributed by atoms with Crippen LogP contribution in [0, 0.1) is 17.4 Å². The van der Waals surface area contributed by atoms with Crippen LogP contribution in [0.25, 0.3) is 6.08 Å². The van der Waals surface area contributed by atoms with E-state index in [9.17, 15) is 14.4 Å². The highest BCUT2D eigenvalue weighted by atomic mass is 127. The second-order valence-electron chi connectivity index (χ2n) is 8.37. The van der Waals surface area contributed by atoms with Crippen LogP contribution in [0.4, 0.5) is 10.5 Å². The predicted molar refractivity (Wildman–Crippen MR) is 154 cm³/mol. The fourth-order valence-electron chi connectivity index (χ4n) is 3.70. The van der Waals surface area contributed by atoms with Gasteiger partial charge in [-0.05, 0) is 94.7 Å². The lowest BCUT2D eigenvalue weighted by Gasteiger charge is -2.14. The zero-order valence-electron chi connectivity index (χ0n) is 20.5. The summed E-state index contributed by atoms with van der Waals surface area (Å²) in [5.41, 5.74) is 4.33. The summed E-state index contributed by atoms with van der Waals surface area (Å²) in [6.45, 7) is 3.88. The van der Waals surface area contributed by atoms with Gasteiger partial charge in [0.25, 0.3) is 11.1 Å². The van der Waals surface area contributed by atoms with Gasteiger partial charge >= 0.3 is 0 Å². The first kappa shape index (κ1) is 26.7. The molecule has 37 heavy (non-hydrogen) atoms. The Kier molecular flexibility index (Phi) is 8.55. The van der Waals surface area contributed by atoms with Gasteiger partial charge in [0.15, 0.2) is 11.5 Å². The zero-order valence-corrected chi connectivity index (χ0v) is 23.5. The molecule has 7 nitrogen and oxygen atoms in total. The fraction of sp³-hybridized carbons (Fsp3) is 0.179. The number of benzene rings is 3. The Labute approximate surface area is 233 Å². The molecule has 3 aromatic carbocycles. The van der Waals surface area contributed by atoms with Crippen molar-refractivity contribution >= 4 is 63.2 Å². The summed E-state index contributed by atoms with van der Waals surface area (Å²) >= 11 is 2.96. The third kappa shape index (κ3) is 6.34. The molecule has 1 aliphatic heterocycles. The minimum atomic E-state index is -0.510. The maximum absolute atomic E-state index is 13.0. The van der Waals surface area contributed by atoms with Crippen molar-refractivity contribution in [3.8, 4) is 11.5 Å².